The standard InChI is InChI=1S/C11H15BrO2/c1-7(2)14-9-4-5-11(12)10(6-9)8(3)13/h4-8,13H,1-3H3. The fourth-order valence-electron chi connectivity index (χ4n) is 1.19. The van der Waals surface area contributed by atoms with E-state index in [2.05, 4.69) is 15.9 Å². The monoisotopic (exact) mass is 258 g/mol. The normalized spacial score (nSPS) is 13.0. The molecule has 0 aliphatic heterocycles. The zero-order valence-electron chi connectivity index (χ0n) is 8.62. The summed E-state index contributed by atoms with van der Waals surface area (Å²) in [6.45, 7) is 5.69. The minimum atomic E-state index is -0.486. The number of aliphatic hydroxyl groups is 1. The lowest BCUT2D eigenvalue weighted by Gasteiger charge is -2.13. The van der Waals surface area contributed by atoms with Gasteiger partial charge in [-0.05, 0) is 44.5 Å². The number of halogens is 1. The summed E-state index contributed by atoms with van der Waals surface area (Å²) in [5.74, 6) is 0.791. The van der Waals surface area contributed by atoms with E-state index in [0.717, 1.165) is 15.8 Å². The highest BCUT2D eigenvalue weighted by Crippen LogP contribution is 2.27. The van der Waals surface area contributed by atoms with Gasteiger partial charge in [-0.2, -0.15) is 0 Å². The molecule has 0 aromatic heterocycles. The van der Waals surface area contributed by atoms with Crippen molar-refractivity contribution in [3.05, 3.63) is 28.2 Å². The van der Waals surface area contributed by atoms with E-state index in [4.69, 9.17) is 4.74 Å². The SMILES string of the molecule is CC(C)Oc1ccc(Br)c(C(C)O)c1. The van der Waals surface area contributed by atoms with Gasteiger partial charge in [-0.3, -0.25) is 0 Å². The lowest BCUT2D eigenvalue weighted by molar-refractivity contribution is 0.196. The number of rotatable bonds is 3. The van der Waals surface area contributed by atoms with Gasteiger partial charge in [0.25, 0.3) is 0 Å². The molecule has 0 heterocycles. The number of hydrogen-bond acceptors (Lipinski definition) is 2. The third-order valence-corrected chi connectivity index (χ3v) is 2.51. The molecule has 0 saturated heterocycles. The minimum Gasteiger partial charge on any atom is -0.491 e. The van der Waals surface area contributed by atoms with Gasteiger partial charge < -0.3 is 9.84 Å². The maximum Gasteiger partial charge on any atom is 0.120 e. The second-order valence-corrected chi connectivity index (χ2v) is 4.38. The minimum absolute atomic E-state index is 0.151. The van der Waals surface area contributed by atoms with Gasteiger partial charge >= 0.3 is 0 Å². The number of aliphatic hydroxyl groups excluding tert-OH is 1. The van der Waals surface area contributed by atoms with Crippen molar-refractivity contribution in [2.45, 2.75) is 33.0 Å². The molecular formula is C11H15BrO2. The second kappa shape index (κ2) is 4.80. The van der Waals surface area contributed by atoms with Crippen LogP contribution in [0.3, 0.4) is 0 Å². The molecule has 78 valence electrons. The van der Waals surface area contributed by atoms with E-state index in [1.807, 2.05) is 32.0 Å². The summed E-state index contributed by atoms with van der Waals surface area (Å²) >= 11 is 3.38. The fraction of sp³-hybridized carbons (Fsp3) is 0.455. The van der Waals surface area contributed by atoms with Crippen LogP contribution in [0.5, 0.6) is 5.75 Å². The molecule has 1 unspecified atom stereocenters. The molecule has 1 aromatic carbocycles. The van der Waals surface area contributed by atoms with E-state index in [1.165, 1.54) is 0 Å². The predicted octanol–water partition coefficient (Wildman–Crippen LogP) is 3.29. The van der Waals surface area contributed by atoms with Gasteiger partial charge in [-0.1, -0.05) is 15.9 Å². The number of ether oxygens (including phenoxy) is 1. The molecule has 1 N–H and O–H groups in total. The summed E-state index contributed by atoms with van der Waals surface area (Å²) < 4.78 is 6.43. The average molecular weight is 259 g/mol. The van der Waals surface area contributed by atoms with Crippen molar-refractivity contribution in [3.8, 4) is 5.75 Å². The molecule has 0 amide bonds. The zero-order chi connectivity index (χ0) is 10.7. The molecule has 0 fully saturated rings. The van der Waals surface area contributed by atoms with Gasteiger partial charge in [-0.25, -0.2) is 0 Å². The summed E-state index contributed by atoms with van der Waals surface area (Å²) in [7, 11) is 0. The van der Waals surface area contributed by atoms with E-state index in [-0.39, 0.29) is 6.10 Å². The van der Waals surface area contributed by atoms with Crippen LogP contribution in [-0.4, -0.2) is 11.2 Å². The van der Waals surface area contributed by atoms with Gasteiger partial charge in [-0.15, -0.1) is 0 Å². The molecule has 1 aromatic rings. The van der Waals surface area contributed by atoms with Crippen LogP contribution in [0, 0.1) is 0 Å². The van der Waals surface area contributed by atoms with Gasteiger partial charge in [0.1, 0.15) is 5.75 Å². The zero-order valence-corrected chi connectivity index (χ0v) is 10.2. The Morgan fingerprint density at radius 1 is 1.29 bits per heavy atom. The lowest BCUT2D eigenvalue weighted by atomic mass is 10.1. The first-order valence-corrected chi connectivity index (χ1v) is 5.44. The first-order chi connectivity index (χ1) is 6.50. The van der Waals surface area contributed by atoms with Crippen molar-refractivity contribution in [2.24, 2.45) is 0 Å². The van der Waals surface area contributed by atoms with E-state index < -0.39 is 6.10 Å². The first kappa shape index (κ1) is 11.5. The quantitative estimate of drug-likeness (QED) is 0.902. The van der Waals surface area contributed by atoms with E-state index >= 15 is 0 Å². The van der Waals surface area contributed by atoms with Crippen LogP contribution in [-0.2, 0) is 0 Å². The van der Waals surface area contributed by atoms with Gasteiger partial charge in [0, 0.05) is 4.47 Å². The molecule has 3 heteroatoms. The molecule has 14 heavy (non-hydrogen) atoms. The number of hydrogen-bond donors (Lipinski definition) is 1. The summed E-state index contributed by atoms with van der Waals surface area (Å²) in [5.41, 5.74) is 0.850. The summed E-state index contributed by atoms with van der Waals surface area (Å²) in [6.07, 6.45) is -0.335. The Kier molecular flexibility index (Phi) is 3.96. The predicted molar refractivity (Wildman–Crippen MR) is 60.5 cm³/mol. The Morgan fingerprint density at radius 3 is 2.43 bits per heavy atom. The molecule has 0 spiro atoms. The van der Waals surface area contributed by atoms with Crippen molar-refractivity contribution < 1.29 is 9.84 Å². The van der Waals surface area contributed by atoms with Crippen LogP contribution in [0.4, 0.5) is 0 Å². The molecule has 1 atom stereocenters. The summed E-state index contributed by atoms with van der Waals surface area (Å²) in [6, 6.07) is 5.63. The van der Waals surface area contributed by atoms with Gasteiger partial charge in [0.15, 0.2) is 0 Å². The average Bonchev–Trinajstić information content (AvgIpc) is 2.07. The van der Waals surface area contributed by atoms with Crippen LogP contribution < -0.4 is 4.74 Å². The van der Waals surface area contributed by atoms with Crippen LogP contribution in [0.1, 0.15) is 32.4 Å². The third kappa shape index (κ3) is 3.00. The Morgan fingerprint density at radius 2 is 1.93 bits per heavy atom. The highest BCUT2D eigenvalue weighted by Gasteiger charge is 2.08. The van der Waals surface area contributed by atoms with E-state index in [1.54, 1.807) is 6.92 Å². The lowest BCUT2D eigenvalue weighted by Crippen LogP contribution is -2.06. The topological polar surface area (TPSA) is 29.5 Å². The van der Waals surface area contributed by atoms with Gasteiger partial charge in [0.2, 0.25) is 0 Å². The Balaban J connectivity index is 2.94. The second-order valence-electron chi connectivity index (χ2n) is 3.53. The first-order valence-electron chi connectivity index (χ1n) is 4.65. The molecule has 2 nitrogen and oxygen atoms in total. The maximum absolute atomic E-state index is 9.48. The van der Waals surface area contributed by atoms with Crippen LogP contribution in [0.25, 0.3) is 0 Å². The van der Waals surface area contributed by atoms with Crippen molar-refractivity contribution in [1.82, 2.24) is 0 Å². The fourth-order valence-corrected chi connectivity index (χ4v) is 1.77. The maximum atomic E-state index is 9.48. The Bertz CT molecular complexity index is 308. The van der Waals surface area contributed by atoms with Gasteiger partial charge in [0.05, 0.1) is 12.2 Å². The Hall–Kier alpha value is -0.540. The highest BCUT2D eigenvalue weighted by atomic mass is 79.9. The van der Waals surface area contributed by atoms with E-state index in [9.17, 15) is 5.11 Å². The smallest absolute Gasteiger partial charge is 0.120 e. The molecular weight excluding hydrogens is 244 g/mol. The molecule has 0 aliphatic carbocycles. The van der Waals surface area contributed by atoms with Crippen LogP contribution in [0.15, 0.2) is 22.7 Å². The van der Waals surface area contributed by atoms with E-state index in [0.29, 0.717) is 0 Å². The molecule has 0 aliphatic rings. The Labute approximate surface area is 93.0 Å². The van der Waals surface area contributed by atoms with Crippen LogP contribution >= 0.6 is 15.9 Å². The van der Waals surface area contributed by atoms with Crippen molar-refractivity contribution in [1.29, 1.82) is 0 Å². The number of benzene rings is 1. The van der Waals surface area contributed by atoms with Crippen molar-refractivity contribution in [2.75, 3.05) is 0 Å². The molecule has 0 bridgehead atoms. The molecule has 0 saturated carbocycles. The van der Waals surface area contributed by atoms with Crippen LogP contribution in [0.2, 0.25) is 0 Å². The largest absolute Gasteiger partial charge is 0.491 e. The summed E-state index contributed by atoms with van der Waals surface area (Å²) in [5, 5.41) is 9.48. The molecule has 1 rings (SSSR count). The third-order valence-electron chi connectivity index (χ3n) is 1.79. The highest BCUT2D eigenvalue weighted by molar-refractivity contribution is 9.10. The van der Waals surface area contributed by atoms with Crippen molar-refractivity contribution >= 4 is 15.9 Å². The van der Waals surface area contributed by atoms with Crippen molar-refractivity contribution in [3.63, 3.8) is 0 Å². The summed E-state index contributed by atoms with van der Waals surface area (Å²) in [4.78, 5) is 0. The molecule has 0 radical (unpaired) electrons.